The van der Waals surface area contributed by atoms with Crippen LogP contribution in [0.25, 0.3) is 0 Å². The van der Waals surface area contributed by atoms with Gasteiger partial charge in [-0.2, -0.15) is 0 Å². The standard InChI is InChI=1S/C27H27N3O5/c1-34-20-7-4-6-19(17-20)28-27(33)22-8-2-3-9-24(22)30-25(31)10-5-15-35-21-12-13-23-18(16-21)11-14-26(32)29-23/h2-4,6-9,12-13,16-17H,5,10-11,14-15H2,1H3,(H,28,33)(H,29,32)(H,30,31). The van der Waals surface area contributed by atoms with Crippen molar-refractivity contribution in [2.24, 2.45) is 0 Å². The number of nitrogens with one attached hydrogen (secondary N) is 3. The minimum absolute atomic E-state index is 0.0246. The molecule has 0 bridgehead atoms. The van der Waals surface area contributed by atoms with Gasteiger partial charge in [0.05, 0.1) is 25.0 Å². The van der Waals surface area contributed by atoms with Crippen molar-refractivity contribution in [1.82, 2.24) is 0 Å². The molecule has 0 atom stereocenters. The van der Waals surface area contributed by atoms with Crippen molar-refractivity contribution in [2.75, 3.05) is 29.7 Å². The molecular weight excluding hydrogens is 446 g/mol. The van der Waals surface area contributed by atoms with E-state index in [0.717, 1.165) is 11.3 Å². The lowest BCUT2D eigenvalue weighted by molar-refractivity contribution is -0.117. The number of hydrogen-bond donors (Lipinski definition) is 3. The molecule has 0 saturated heterocycles. The van der Waals surface area contributed by atoms with Crippen molar-refractivity contribution < 1.29 is 23.9 Å². The van der Waals surface area contributed by atoms with Crippen LogP contribution in [0.1, 0.15) is 35.2 Å². The maximum atomic E-state index is 12.8. The van der Waals surface area contributed by atoms with Gasteiger partial charge >= 0.3 is 0 Å². The lowest BCUT2D eigenvalue weighted by Gasteiger charge is -2.17. The number of aryl methyl sites for hydroxylation is 1. The van der Waals surface area contributed by atoms with Crippen LogP contribution in [-0.2, 0) is 16.0 Å². The maximum Gasteiger partial charge on any atom is 0.257 e. The minimum Gasteiger partial charge on any atom is -0.497 e. The summed E-state index contributed by atoms with van der Waals surface area (Å²) in [7, 11) is 1.56. The van der Waals surface area contributed by atoms with E-state index in [4.69, 9.17) is 9.47 Å². The number of anilines is 3. The Balaban J connectivity index is 1.28. The summed E-state index contributed by atoms with van der Waals surface area (Å²) < 4.78 is 11.0. The summed E-state index contributed by atoms with van der Waals surface area (Å²) in [5, 5.41) is 8.49. The molecule has 3 aromatic carbocycles. The molecule has 0 radical (unpaired) electrons. The first kappa shape index (κ1) is 23.8. The monoisotopic (exact) mass is 473 g/mol. The van der Waals surface area contributed by atoms with Crippen LogP contribution in [0.2, 0.25) is 0 Å². The second kappa shape index (κ2) is 11.2. The van der Waals surface area contributed by atoms with Gasteiger partial charge in [-0.15, -0.1) is 0 Å². The van der Waals surface area contributed by atoms with Gasteiger partial charge in [0, 0.05) is 30.3 Å². The van der Waals surface area contributed by atoms with E-state index in [1.807, 2.05) is 18.2 Å². The number of carbonyl (C=O) groups excluding carboxylic acids is 3. The topological polar surface area (TPSA) is 106 Å². The molecule has 1 heterocycles. The zero-order chi connectivity index (χ0) is 24.6. The fourth-order valence-corrected chi connectivity index (χ4v) is 3.77. The second-order valence-corrected chi connectivity index (χ2v) is 8.10. The van der Waals surface area contributed by atoms with Crippen LogP contribution < -0.4 is 25.4 Å². The molecule has 3 aromatic rings. The Morgan fingerprint density at radius 3 is 2.66 bits per heavy atom. The summed E-state index contributed by atoms with van der Waals surface area (Å²) in [4.78, 5) is 36.8. The molecule has 8 nitrogen and oxygen atoms in total. The Bertz CT molecular complexity index is 1240. The van der Waals surface area contributed by atoms with Crippen molar-refractivity contribution in [3.05, 3.63) is 77.9 Å². The zero-order valence-corrected chi connectivity index (χ0v) is 19.4. The Kier molecular flexibility index (Phi) is 7.62. The van der Waals surface area contributed by atoms with Gasteiger partial charge in [-0.25, -0.2) is 0 Å². The lowest BCUT2D eigenvalue weighted by Crippen LogP contribution is -2.19. The molecule has 8 heteroatoms. The first-order chi connectivity index (χ1) is 17.0. The highest BCUT2D eigenvalue weighted by atomic mass is 16.5. The lowest BCUT2D eigenvalue weighted by atomic mass is 10.0. The summed E-state index contributed by atoms with van der Waals surface area (Å²) >= 11 is 0. The van der Waals surface area contributed by atoms with E-state index in [1.165, 1.54) is 0 Å². The molecular formula is C27H27N3O5. The molecule has 0 fully saturated rings. The van der Waals surface area contributed by atoms with Gasteiger partial charge in [0.25, 0.3) is 5.91 Å². The Morgan fingerprint density at radius 1 is 0.943 bits per heavy atom. The third kappa shape index (κ3) is 6.38. The van der Waals surface area contributed by atoms with Crippen LogP contribution in [0.5, 0.6) is 11.5 Å². The van der Waals surface area contributed by atoms with Gasteiger partial charge in [0.2, 0.25) is 11.8 Å². The second-order valence-electron chi connectivity index (χ2n) is 8.10. The van der Waals surface area contributed by atoms with Crippen molar-refractivity contribution in [3.63, 3.8) is 0 Å². The Hall–Kier alpha value is -4.33. The molecule has 3 amide bonds. The predicted molar refractivity (Wildman–Crippen MR) is 134 cm³/mol. The summed E-state index contributed by atoms with van der Waals surface area (Å²) in [5.41, 5.74) is 3.26. The smallest absolute Gasteiger partial charge is 0.257 e. The maximum absolute atomic E-state index is 12.8. The van der Waals surface area contributed by atoms with Gasteiger partial charge in [-0.05, 0) is 60.9 Å². The zero-order valence-electron chi connectivity index (χ0n) is 19.4. The highest BCUT2D eigenvalue weighted by Gasteiger charge is 2.16. The third-order valence-electron chi connectivity index (χ3n) is 5.56. The molecule has 0 saturated carbocycles. The van der Waals surface area contributed by atoms with Gasteiger partial charge in [-0.1, -0.05) is 18.2 Å². The molecule has 35 heavy (non-hydrogen) atoms. The van der Waals surface area contributed by atoms with Crippen molar-refractivity contribution in [3.8, 4) is 11.5 Å². The Morgan fingerprint density at radius 2 is 1.80 bits per heavy atom. The summed E-state index contributed by atoms with van der Waals surface area (Å²) in [5.74, 6) is 0.828. The average molecular weight is 474 g/mol. The number of fused-ring (bicyclic) bond motifs is 1. The third-order valence-corrected chi connectivity index (χ3v) is 5.56. The highest BCUT2D eigenvalue weighted by Crippen LogP contribution is 2.27. The molecule has 180 valence electrons. The van der Waals surface area contributed by atoms with Crippen LogP contribution in [0.3, 0.4) is 0 Å². The quantitative estimate of drug-likeness (QED) is 0.393. The molecule has 4 rings (SSSR count). The van der Waals surface area contributed by atoms with E-state index >= 15 is 0 Å². The van der Waals surface area contributed by atoms with E-state index in [0.29, 0.717) is 54.3 Å². The van der Waals surface area contributed by atoms with Crippen LogP contribution in [0.15, 0.2) is 66.7 Å². The van der Waals surface area contributed by atoms with E-state index in [9.17, 15) is 14.4 Å². The summed E-state index contributed by atoms with van der Waals surface area (Å²) in [6, 6.07) is 19.5. The van der Waals surface area contributed by atoms with E-state index in [-0.39, 0.29) is 24.1 Å². The van der Waals surface area contributed by atoms with Crippen LogP contribution in [-0.4, -0.2) is 31.4 Å². The number of methoxy groups -OCH3 is 1. The molecule has 1 aliphatic rings. The van der Waals surface area contributed by atoms with E-state index < -0.39 is 0 Å². The largest absolute Gasteiger partial charge is 0.497 e. The number of para-hydroxylation sites is 1. The molecule has 0 aromatic heterocycles. The normalized spacial score (nSPS) is 12.2. The van der Waals surface area contributed by atoms with Gasteiger partial charge < -0.3 is 25.4 Å². The van der Waals surface area contributed by atoms with Crippen molar-refractivity contribution in [1.29, 1.82) is 0 Å². The molecule has 0 aliphatic carbocycles. The number of benzene rings is 3. The molecule has 0 spiro atoms. The molecule has 0 unspecified atom stereocenters. The first-order valence-corrected chi connectivity index (χ1v) is 11.4. The van der Waals surface area contributed by atoms with Crippen LogP contribution >= 0.6 is 0 Å². The number of hydrogen-bond acceptors (Lipinski definition) is 5. The van der Waals surface area contributed by atoms with Crippen molar-refractivity contribution >= 4 is 34.8 Å². The van der Waals surface area contributed by atoms with Gasteiger partial charge in [0.15, 0.2) is 0 Å². The average Bonchev–Trinajstić information content (AvgIpc) is 2.87. The predicted octanol–water partition coefficient (Wildman–Crippen LogP) is 4.63. The van der Waals surface area contributed by atoms with Gasteiger partial charge in [0.1, 0.15) is 11.5 Å². The number of amides is 3. The van der Waals surface area contributed by atoms with E-state index in [2.05, 4.69) is 16.0 Å². The highest BCUT2D eigenvalue weighted by molar-refractivity contribution is 6.10. The fourth-order valence-electron chi connectivity index (χ4n) is 3.77. The van der Waals surface area contributed by atoms with Gasteiger partial charge in [-0.3, -0.25) is 14.4 Å². The number of carbonyl (C=O) groups is 3. The van der Waals surface area contributed by atoms with Crippen LogP contribution in [0, 0.1) is 0 Å². The van der Waals surface area contributed by atoms with Crippen molar-refractivity contribution in [2.45, 2.75) is 25.7 Å². The SMILES string of the molecule is COc1cccc(NC(=O)c2ccccc2NC(=O)CCCOc2ccc3c(c2)CCC(=O)N3)c1. The minimum atomic E-state index is -0.332. The van der Waals surface area contributed by atoms with Crippen LogP contribution in [0.4, 0.5) is 17.1 Å². The number of ether oxygens (including phenoxy) is 2. The number of rotatable bonds is 9. The Labute approximate surface area is 203 Å². The first-order valence-electron chi connectivity index (χ1n) is 11.4. The molecule has 1 aliphatic heterocycles. The fraction of sp³-hybridized carbons (Fsp3) is 0.222. The molecule has 3 N–H and O–H groups in total. The van der Waals surface area contributed by atoms with E-state index in [1.54, 1.807) is 55.6 Å². The summed E-state index contributed by atoms with van der Waals surface area (Å²) in [6.45, 7) is 0.372. The summed E-state index contributed by atoms with van der Waals surface area (Å²) in [6.07, 6.45) is 1.91.